The molecule has 160 valence electrons. The lowest BCUT2D eigenvalue weighted by Crippen LogP contribution is -2.45. The molecule has 2 N–H and O–H groups in total. The zero-order valence-corrected chi connectivity index (χ0v) is 17.6. The summed E-state index contributed by atoms with van der Waals surface area (Å²) in [6, 6.07) is 16.4. The third kappa shape index (κ3) is 5.18. The van der Waals surface area contributed by atoms with Crippen molar-refractivity contribution in [1.29, 1.82) is 0 Å². The van der Waals surface area contributed by atoms with Crippen molar-refractivity contribution >= 4 is 27.6 Å². The number of hydrogen-bond acceptors (Lipinski definition) is 6. The van der Waals surface area contributed by atoms with Gasteiger partial charge in [-0.05, 0) is 55.3 Å². The average molecular weight is 438 g/mol. The number of hydrogen-bond donors (Lipinski definition) is 2. The molecule has 2 aromatic carbocycles. The van der Waals surface area contributed by atoms with Gasteiger partial charge in [0.2, 0.25) is 5.95 Å². The van der Waals surface area contributed by atoms with Crippen molar-refractivity contribution < 1.29 is 13.2 Å². The molecule has 0 aliphatic carbocycles. The summed E-state index contributed by atoms with van der Waals surface area (Å²) in [5.41, 5.74) is 0.882. The van der Waals surface area contributed by atoms with Gasteiger partial charge in [-0.25, -0.2) is 18.4 Å². The van der Waals surface area contributed by atoms with Crippen LogP contribution in [0.2, 0.25) is 0 Å². The third-order valence-corrected chi connectivity index (χ3v) is 6.52. The minimum absolute atomic E-state index is 0.0729. The van der Waals surface area contributed by atoms with Gasteiger partial charge in [-0.15, -0.1) is 0 Å². The van der Waals surface area contributed by atoms with Crippen LogP contribution in [-0.2, 0) is 10.0 Å². The van der Waals surface area contributed by atoms with Gasteiger partial charge >= 0.3 is 0 Å². The normalized spacial score (nSPS) is 14.8. The summed E-state index contributed by atoms with van der Waals surface area (Å²) in [7, 11) is -3.66. The Kier molecular flexibility index (Phi) is 6.13. The molecular formula is C22H23N5O3S. The maximum atomic E-state index is 12.6. The molecule has 2 heterocycles. The molecular weight excluding hydrogens is 414 g/mol. The zero-order valence-electron chi connectivity index (χ0n) is 16.8. The highest BCUT2D eigenvalue weighted by atomic mass is 32.2. The highest BCUT2D eigenvalue weighted by Gasteiger charge is 2.22. The van der Waals surface area contributed by atoms with Gasteiger partial charge in [-0.2, -0.15) is 0 Å². The summed E-state index contributed by atoms with van der Waals surface area (Å²) in [5.74, 6) is 0.535. The van der Waals surface area contributed by atoms with Crippen LogP contribution in [0.25, 0.3) is 0 Å². The first-order valence-corrected chi connectivity index (χ1v) is 11.5. The molecule has 3 aromatic rings. The van der Waals surface area contributed by atoms with E-state index in [2.05, 4.69) is 24.9 Å². The van der Waals surface area contributed by atoms with E-state index in [0.29, 0.717) is 17.2 Å². The second-order valence-corrected chi connectivity index (χ2v) is 8.96. The van der Waals surface area contributed by atoms with Crippen LogP contribution >= 0.6 is 0 Å². The maximum absolute atomic E-state index is 12.6. The van der Waals surface area contributed by atoms with E-state index in [4.69, 9.17) is 0 Å². The fourth-order valence-electron chi connectivity index (χ4n) is 3.45. The lowest BCUT2D eigenvalue weighted by atomic mass is 10.0. The highest BCUT2D eigenvalue weighted by molar-refractivity contribution is 7.92. The first-order valence-electron chi connectivity index (χ1n) is 10.0. The predicted octanol–water partition coefficient (Wildman–Crippen LogP) is 2.68. The number of piperidine rings is 1. The van der Waals surface area contributed by atoms with E-state index in [1.54, 1.807) is 60.9 Å². The minimum atomic E-state index is -3.66. The van der Waals surface area contributed by atoms with E-state index in [0.717, 1.165) is 25.9 Å². The Labute approximate surface area is 181 Å². The molecule has 0 saturated carbocycles. The predicted molar refractivity (Wildman–Crippen MR) is 118 cm³/mol. The quantitative estimate of drug-likeness (QED) is 0.614. The Balaban J connectivity index is 1.32. The Hall–Kier alpha value is -3.46. The number of nitrogens with zero attached hydrogens (tertiary/aromatic N) is 3. The Morgan fingerprint density at radius 1 is 0.903 bits per heavy atom. The molecule has 1 fully saturated rings. The number of anilines is 2. The first kappa shape index (κ1) is 20.8. The van der Waals surface area contributed by atoms with Gasteiger partial charge in [0.05, 0.1) is 4.90 Å². The fraction of sp³-hybridized carbons (Fsp3) is 0.227. The van der Waals surface area contributed by atoms with Crippen molar-refractivity contribution in [3.63, 3.8) is 0 Å². The fourth-order valence-corrected chi connectivity index (χ4v) is 4.53. The molecule has 1 aromatic heterocycles. The molecule has 0 bridgehead atoms. The molecule has 0 radical (unpaired) electrons. The number of amides is 1. The van der Waals surface area contributed by atoms with Gasteiger partial charge in [-0.3, -0.25) is 9.52 Å². The Bertz CT molecular complexity index is 1110. The van der Waals surface area contributed by atoms with E-state index in [1.165, 1.54) is 12.1 Å². The molecule has 0 atom stereocenters. The molecule has 8 nitrogen and oxygen atoms in total. The lowest BCUT2D eigenvalue weighted by molar-refractivity contribution is 0.0931. The largest absolute Gasteiger partial charge is 0.349 e. The summed E-state index contributed by atoms with van der Waals surface area (Å²) in [6.07, 6.45) is 5.05. The molecule has 0 unspecified atom stereocenters. The number of carbonyl (C=O) groups excluding carboxylic acids is 1. The van der Waals surface area contributed by atoms with Crippen molar-refractivity contribution in [3.05, 3.63) is 78.6 Å². The molecule has 1 amide bonds. The summed E-state index contributed by atoms with van der Waals surface area (Å²) in [4.78, 5) is 23.4. The molecule has 1 aliphatic rings. The van der Waals surface area contributed by atoms with Crippen LogP contribution in [0.5, 0.6) is 0 Å². The number of rotatable bonds is 6. The number of nitrogens with one attached hydrogen (secondary N) is 2. The number of aromatic nitrogens is 2. The Morgan fingerprint density at radius 3 is 2.19 bits per heavy atom. The standard InChI is InChI=1S/C22H23N5O3S/c28-21(25-18-11-15-27(16-12-18)22-23-13-4-14-24-22)17-7-9-19(10-8-17)26-31(29,30)20-5-2-1-3-6-20/h1-10,13-14,18,26H,11-12,15-16H2,(H,25,28). The Morgan fingerprint density at radius 2 is 1.55 bits per heavy atom. The summed E-state index contributed by atoms with van der Waals surface area (Å²) < 4.78 is 27.3. The third-order valence-electron chi connectivity index (χ3n) is 5.12. The van der Waals surface area contributed by atoms with Crippen LogP contribution in [0, 0.1) is 0 Å². The van der Waals surface area contributed by atoms with Gasteiger partial charge in [-0.1, -0.05) is 18.2 Å². The van der Waals surface area contributed by atoms with E-state index < -0.39 is 10.0 Å². The van der Waals surface area contributed by atoms with Crippen LogP contribution in [0.1, 0.15) is 23.2 Å². The monoisotopic (exact) mass is 437 g/mol. The van der Waals surface area contributed by atoms with E-state index >= 15 is 0 Å². The van der Waals surface area contributed by atoms with Crippen molar-refractivity contribution in [3.8, 4) is 0 Å². The van der Waals surface area contributed by atoms with E-state index in [9.17, 15) is 13.2 Å². The smallest absolute Gasteiger partial charge is 0.261 e. The summed E-state index contributed by atoms with van der Waals surface area (Å²) in [6.45, 7) is 1.55. The van der Waals surface area contributed by atoms with Crippen molar-refractivity contribution in [2.75, 3.05) is 22.7 Å². The van der Waals surface area contributed by atoms with Gasteiger partial charge in [0.25, 0.3) is 15.9 Å². The second-order valence-electron chi connectivity index (χ2n) is 7.28. The molecule has 9 heteroatoms. The van der Waals surface area contributed by atoms with Crippen molar-refractivity contribution in [1.82, 2.24) is 15.3 Å². The number of sulfonamides is 1. The molecule has 31 heavy (non-hydrogen) atoms. The summed E-state index contributed by atoms with van der Waals surface area (Å²) >= 11 is 0. The van der Waals surface area contributed by atoms with Gasteiger partial charge in [0, 0.05) is 42.8 Å². The minimum Gasteiger partial charge on any atom is -0.349 e. The second kappa shape index (κ2) is 9.13. The molecule has 1 aliphatic heterocycles. The van der Waals surface area contributed by atoms with Crippen molar-refractivity contribution in [2.45, 2.75) is 23.8 Å². The van der Waals surface area contributed by atoms with Crippen LogP contribution in [0.15, 0.2) is 78.0 Å². The van der Waals surface area contributed by atoms with Crippen LogP contribution in [-0.4, -0.2) is 43.4 Å². The highest BCUT2D eigenvalue weighted by Crippen LogP contribution is 2.18. The number of benzene rings is 2. The van der Waals surface area contributed by atoms with Crippen LogP contribution < -0.4 is 14.9 Å². The topological polar surface area (TPSA) is 104 Å². The molecule has 1 saturated heterocycles. The van der Waals surface area contributed by atoms with Gasteiger partial charge in [0.1, 0.15) is 0 Å². The maximum Gasteiger partial charge on any atom is 0.261 e. The first-order chi connectivity index (χ1) is 15.0. The summed E-state index contributed by atoms with van der Waals surface area (Å²) in [5, 5.41) is 3.06. The van der Waals surface area contributed by atoms with Gasteiger partial charge in [0.15, 0.2) is 0 Å². The lowest BCUT2D eigenvalue weighted by Gasteiger charge is -2.32. The van der Waals surface area contributed by atoms with E-state index in [1.807, 2.05) is 0 Å². The van der Waals surface area contributed by atoms with Gasteiger partial charge < -0.3 is 10.2 Å². The zero-order chi connectivity index (χ0) is 21.7. The molecule has 4 rings (SSSR count). The van der Waals surface area contributed by atoms with Crippen LogP contribution in [0.3, 0.4) is 0 Å². The molecule has 0 spiro atoms. The SMILES string of the molecule is O=C(NC1CCN(c2ncccn2)CC1)c1ccc(NS(=O)(=O)c2ccccc2)cc1. The van der Waals surface area contributed by atoms with E-state index in [-0.39, 0.29) is 16.8 Å². The number of carbonyl (C=O) groups is 1. The average Bonchev–Trinajstić information content (AvgIpc) is 2.81. The van der Waals surface area contributed by atoms with Crippen molar-refractivity contribution in [2.24, 2.45) is 0 Å². The van der Waals surface area contributed by atoms with Crippen LogP contribution in [0.4, 0.5) is 11.6 Å².